The van der Waals surface area contributed by atoms with Crippen molar-refractivity contribution in [3.63, 3.8) is 0 Å². The molecule has 1 saturated heterocycles. The monoisotopic (exact) mass is 552 g/mol. The molecule has 208 valence electrons. The Morgan fingerprint density at radius 1 is 0.925 bits per heavy atom. The van der Waals surface area contributed by atoms with Crippen molar-refractivity contribution in [2.24, 2.45) is 0 Å². The Morgan fingerprint density at radius 2 is 1.62 bits per heavy atom. The fourth-order valence-corrected chi connectivity index (χ4v) is 4.69. The minimum Gasteiger partial charge on any atom is -0.464 e. The molecule has 1 aromatic heterocycles. The third-order valence-electron chi connectivity index (χ3n) is 6.80. The Kier molecular flexibility index (Phi) is 7.35. The van der Waals surface area contributed by atoms with Gasteiger partial charge >= 0.3 is 18.2 Å². The minimum absolute atomic E-state index is 0.0324. The Labute approximate surface area is 227 Å². The van der Waals surface area contributed by atoms with Crippen LogP contribution in [0.5, 0.6) is 0 Å². The first-order valence-electron chi connectivity index (χ1n) is 12.5. The van der Waals surface area contributed by atoms with Gasteiger partial charge in [-0.2, -0.15) is 18.3 Å². The maximum absolute atomic E-state index is 13.9. The lowest BCUT2D eigenvalue weighted by molar-refractivity contribution is -0.137. The standard InChI is InChI=1S/C28H27F3N6O3/c1-36-10-12-37(13-11-36)24-9-7-20(16-22(24)28(29,30)31)33-27(39)32-19-5-3-4-17(14-19)18-6-8-21-23(15-18)34-35-25(21)26(38)40-2/h3-9,14-16H,10-13H2,1-2H3,(H,34,35)(H2,32,33,39). The number of carbonyl (C=O) groups excluding carboxylic acids is 2. The first-order chi connectivity index (χ1) is 19.1. The molecule has 0 atom stereocenters. The van der Waals surface area contributed by atoms with Crippen molar-refractivity contribution in [3.05, 3.63) is 71.9 Å². The number of fused-ring (bicyclic) bond motifs is 1. The van der Waals surface area contributed by atoms with E-state index in [1.807, 2.05) is 25.2 Å². The predicted molar refractivity (Wildman–Crippen MR) is 147 cm³/mol. The molecule has 1 fully saturated rings. The number of likely N-dealkylation sites (N-methyl/N-ethyl adjacent to an activating group) is 1. The summed E-state index contributed by atoms with van der Waals surface area (Å²) in [5.74, 6) is -0.549. The van der Waals surface area contributed by atoms with Gasteiger partial charge in [-0.3, -0.25) is 5.10 Å². The molecule has 0 saturated carbocycles. The molecule has 5 rings (SSSR count). The van der Waals surface area contributed by atoms with Crippen LogP contribution in [0.2, 0.25) is 0 Å². The van der Waals surface area contributed by atoms with E-state index in [0.29, 0.717) is 42.8 Å². The molecule has 0 radical (unpaired) electrons. The van der Waals surface area contributed by atoms with Gasteiger partial charge < -0.3 is 25.2 Å². The summed E-state index contributed by atoms with van der Waals surface area (Å²) in [5.41, 5.74) is 2.17. The van der Waals surface area contributed by atoms with Crippen LogP contribution < -0.4 is 15.5 Å². The SMILES string of the molecule is COC(=O)c1n[nH]c2cc(-c3cccc(NC(=O)Nc4ccc(N5CCN(C)CC5)c(C(F)(F)F)c4)c3)ccc12. The van der Waals surface area contributed by atoms with Gasteiger partial charge in [0.15, 0.2) is 5.69 Å². The molecule has 3 N–H and O–H groups in total. The lowest BCUT2D eigenvalue weighted by Gasteiger charge is -2.35. The van der Waals surface area contributed by atoms with E-state index in [4.69, 9.17) is 4.74 Å². The summed E-state index contributed by atoms with van der Waals surface area (Å²) >= 11 is 0. The number of ether oxygens (including phenoxy) is 1. The van der Waals surface area contributed by atoms with Gasteiger partial charge in [-0.25, -0.2) is 9.59 Å². The van der Waals surface area contributed by atoms with Gasteiger partial charge in [0.1, 0.15) is 0 Å². The molecule has 3 aromatic carbocycles. The zero-order valence-electron chi connectivity index (χ0n) is 21.8. The molecule has 2 amide bonds. The Hall–Kier alpha value is -4.58. The van der Waals surface area contributed by atoms with E-state index in [1.165, 1.54) is 19.2 Å². The first-order valence-corrected chi connectivity index (χ1v) is 12.5. The van der Waals surface area contributed by atoms with Crippen molar-refractivity contribution in [3.8, 4) is 11.1 Å². The van der Waals surface area contributed by atoms with E-state index in [1.54, 1.807) is 29.2 Å². The molecule has 1 aliphatic rings. The highest BCUT2D eigenvalue weighted by Crippen LogP contribution is 2.38. The average Bonchev–Trinajstić information content (AvgIpc) is 3.36. The van der Waals surface area contributed by atoms with Crippen LogP contribution in [0.4, 0.5) is 35.0 Å². The maximum atomic E-state index is 13.9. The summed E-state index contributed by atoms with van der Waals surface area (Å²) in [6, 6.07) is 15.5. The van der Waals surface area contributed by atoms with Crippen molar-refractivity contribution >= 4 is 40.0 Å². The van der Waals surface area contributed by atoms with Crippen LogP contribution in [0, 0.1) is 0 Å². The van der Waals surface area contributed by atoms with Crippen LogP contribution in [0.25, 0.3) is 22.0 Å². The quantitative estimate of drug-likeness (QED) is 0.286. The van der Waals surface area contributed by atoms with E-state index in [9.17, 15) is 22.8 Å². The first kappa shape index (κ1) is 27.0. The number of anilines is 3. The molecule has 40 heavy (non-hydrogen) atoms. The number of urea groups is 1. The number of benzene rings is 3. The van der Waals surface area contributed by atoms with Gasteiger partial charge in [0, 0.05) is 48.6 Å². The minimum atomic E-state index is -4.57. The Morgan fingerprint density at radius 3 is 2.33 bits per heavy atom. The number of halogens is 3. The lowest BCUT2D eigenvalue weighted by Crippen LogP contribution is -2.45. The number of nitrogens with one attached hydrogen (secondary N) is 3. The third kappa shape index (κ3) is 5.71. The molecule has 0 bridgehead atoms. The Balaban J connectivity index is 1.31. The molecule has 0 unspecified atom stereocenters. The van der Waals surface area contributed by atoms with E-state index >= 15 is 0 Å². The zero-order chi connectivity index (χ0) is 28.4. The van der Waals surface area contributed by atoms with Crippen molar-refractivity contribution < 1.29 is 27.5 Å². The highest BCUT2D eigenvalue weighted by Gasteiger charge is 2.36. The second-order valence-corrected chi connectivity index (χ2v) is 9.50. The molecule has 4 aromatic rings. The van der Waals surface area contributed by atoms with Crippen LogP contribution in [0.1, 0.15) is 16.1 Å². The van der Waals surface area contributed by atoms with Gasteiger partial charge in [0.05, 0.1) is 18.2 Å². The van der Waals surface area contributed by atoms with Crippen molar-refractivity contribution in [2.75, 3.05) is 55.9 Å². The van der Waals surface area contributed by atoms with Gasteiger partial charge in [-0.05, 0) is 60.6 Å². The molecular weight excluding hydrogens is 525 g/mol. The summed E-state index contributed by atoms with van der Waals surface area (Å²) < 4.78 is 46.5. The van der Waals surface area contributed by atoms with Crippen LogP contribution in [0.15, 0.2) is 60.7 Å². The van der Waals surface area contributed by atoms with E-state index in [-0.39, 0.29) is 17.1 Å². The topological polar surface area (TPSA) is 103 Å². The van der Waals surface area contributed by atoms with Gasteiger partial charge in [-0.15, -0.1) is 0 Å². The van der Waals surface area contributed by atoms with Gasteiger partial charge in [0.25, 0.3) is 0 Å². The number of aromatic nitrogens is 2. The third-order valence-corrected chi connectivity index (χ3v) is 6.80. The van der Waals surface area contributed by atoms with Gasteiger partial charge in [-0.1, -0.05) is 18.2 Å². The smallest absolute Gasteiger partial charge is 0.418 e. The largest absolute Gasteiger partial charge is 0.464 e. The molecule has 0 spiro atoms. The van der Waals surface area contributed by atoms with Crippen LogP contribution in [-0.4, -0.2) is 67.4 Å². The van der Waals surface area contributed by atoms with Gasteiger partial charge in [0.2, 0.25) is 0 Å². The molecule has 9 nitrogen and oxygen atoms in total. The number of hydrogen-bond acceptors (Lipinski definition) is 6. The van der Waals surface area contributed by atoms with Crippen LogP contribution in [-0.2, 0) is 10.9 Å². The number of alkyl halides is 3. The Bertz CT molecular complexity index is 1560. The van der Waals surface area contributed by atoms with Crippen molar-refractivity contribution in [1.82, 2.24) is 15.1 Å². The summed E-state index contributed by atoms with van der Waals surface area (Å²) in [7, 11) is 3.22. The van der Waals surface area contributed by atoms with Crippen molar-refractivity contribution in [1.29, 1.82) is 0 Å². The molecule has 12 heteroatoms. The molecule has 1 aliphatic heterocycles. The number of aromatic amines is 1. The second kappa shape index (κ2) is 10.9. The number of carbonyl (C=O) groups is 2. The highest BCUT2D eigenvalue weighted by atomic mass is 19.4. The van der Waals surface area contributed by atoms with E-state index < -0.39 is 23.7 Å². The fourth-order valence-electron chi connectivity index (χ4n) is 4.69. The predicted octanol–water partition coefficient (Wildman–Crippen LogP) is 5.43. The number of hydrogen-bond donors (Lipinski definition) is 3. The van der Waals surface area contributed by atoms with Crippen molar-refractivity contribution in [2.45, 2.75) is 6.18 Å². The molecule has 2 heterocycles. The fraction of sp³-hybridized carbons (Fsp3) is 0.250. The van der Waals surface area contributed by atoms with Crippen LogP contribution >= 0.6 is 0 Å². The molecule has 0 aliphatic carbocycles. The second-order valence-electron chi connectivity index (χ2n) is 9.50. The number of methoxy groups -OCH3 is 1. The lowest BCUT2D eigenvalue weighted by atomic mass is 10.0. The number of nitrogens with zero attached hydrogens (tertiary/aromatic N) is 3. The normalized spacial score (nSPS) is 14.3. The number of esters is 1. The van der Waals surface area contributed by atoms with E-state index in [2.05, 4.69) is 25.7 Å². The number of piperazine rings is 1. The average molecular weight is 553 g/mol. The van der Waals surface area contributed by atoms with Crippen LogP contribution in [0.3, 0.4) is 0 Å². The number of rotatable bonds is 5. The number of H-pyrrole nitrogens is 1. The highest BCUT2D eigenvalue weighted by molar-refractivity contribution is 6.03. The number of amides is 2. The summed E-state index contributed by atoms with van der Waals surface area (Å²) in [5, 5.41) is 12.6. The molecular formula is C28H27F3N6O3. The summed E-state index contributed by atoms with van der Waals surface area (Å²) in [6.07, 6.45) is -4.57. The summed E-state index contributed by atoms with van der Waals surface area (Å²) in [4.78, 5) is 28.4. The zero-order valence-corrected chi connectivity index (χ0v) is 21.8. The summed E-state index contributed by atoms with van der Waals surface area (Å²) in [6.45, 7) is 2.32. The maximum Gasteiger partial charge on any atom is 0.418 e. The van der Waals surface area contributed by atoms with E-state index in [0.717, 1.165) is 17.2 Å².